The van der Waals surface area contributed by atoms with Crippen molar-refractivity contribution >= 4 is 29.3 Å². The average Bonchev–Trinajstić information content (AvgIpc) is 3.37. The number of hydrogen-bond donors (Lipinski definition) is 1. The van der Waals surface area contributed by atoms with Crippen LogP contribution >= 0.6 is 11.9 Å². The van der Waals surface area contributed by atoms with Crippen LogP contribution in [0.2, 0.25) is 0 Å². The van der Waals surface area contributed by atoms with Gasteiger partial charge in [0.1, 0.15) is 5.75 Å². The van der Waals surface area contributed by atoms with Gasteiger partial charge in [0.2, 0.25) is 0 Å². The van der Waals surface area contributed by atoms with Gasteiger partial charge in [0.05, 0.1) is 25.3 Å². The van der Waals surface area contributed by atoms with Crippen LogP contribution < -0.4 is 13.9 Å². The molecule has 0 bridgehead atoms. The van der Waals surface area contributed by atoms with E-state index in [-0.39, 0.29) is 11.8 Å². The lowest BCUT2D eigenvalue weighted by atomic mass is 9.74. The number of carboxylic acid groups (broad SMARTS) is 1. The summed E-state index contributed by atoms with van der Waals surface area (Å²) in [5, 5.41) is 9.96. The maximum Gasteiger partial charge on any atom is 0.307 e. The molecule has 0 aliphatic carbocycles. The lowest BCUT2D eigenvalue weighted by Gasteiger charge is -2.40. The first-order valence-electron chi connectivity index (χ1n) is 15.2. The zero-order valence-electron chi connectivity index (χ0n) is 25.4. The molecular formula is C37H38N2O3S. The van der Waals surface area contributed by atoms with Crippen LogP contribution in [0.3, 0.4) is 0 Å². The summed E-state index contributed by atoms with van der Waals surface area (Å²) < 4.78 is 8.46. The van der Waals surface area contributed by atoms with Gasteiger partial charge in [-0.05, 0) is 90.8 Å². The largest absolute Gasteiger partial charge is 0.492 e. The minimum Gasteiger partial charge on any atom is -0.492 e. The van der Waals surface area contributed by atoms with Crippen LogP contribution in [-0.2, 0) is 23.2 Å². The Morgan fingerprint density at radius 2 is 1.70 bits per heavy atom. The second-order valence-corrected chi connectivity index (χ2v) is 13.2. The van der Waals surface area contributed by atoms with Gasteiger partial charge in [-0.2, -0.15) is 0 Å². The fraction of sp³-hybridized carbons (Fsp3) is 0.324. The van der Waals surface area contributed by atoms with Crippen molar-refractivity contribution < 1.29 is 14.6 Å². The van der Waals surface area contributed by atoms with E-state index in [4.69, 9.17) is 4.74 Å². The van der Waals surface area contributed by atoms with Gasteiger partial charge in [-0.3, -0.25) is 4.79 Å². The van der Waals surface area contributed by atoms with E-state index < -0.39 is 5.97 Å². The van der Waals surface area contributed by atoms with Gasteiger partial charge in [0.15, 0.2) is 0 Å². The van der Waals surface area contributed by atoms with Gasteiger partial charge in [-0.1, -0.05) is 66.0 Å². The smallest absolute Gasteiger partial charge is 0.307 e. The van der Waals surface area contributed by atoms with Gasteiger partial charge in [0, 0.05) is 41.6 Å². The molecule has 0 amide bonds. The SMILES string of the molecule is CSN1Cc2ccc(N3CCC4(CC3)COc3ccccc34)cc2-c2c(C)c(-c3ccc(C)cc3)c(CC(=O)O)c(C)c21. The molecule has 1 N–H and O–H groups in total. The molecule has 1 spiro atoms. The minimum atomic E-state index is -0.803. The highest BCUT2D eigenvalue weighted by Gasteiger charge is 2.43. The van der Waals surface area contributed by atoms with E-state index in [1.165, 1.54) is 33.5 Å². The third-order valence-electron chi connectivity index (χ3n) is 9.96. The third-order valence-corrected chi connectivity index (χ3v) is 10.7. The number of fused-ring (bicyclic) bond motifs is 5. The minimum absolute atomic E-state index is 0.000646. The van der Waals surface area contributed by atoms with Crippen LogP contribution in [-0.4, -0.2) is 37.0 Å². The molecule has 0 unspecified atom stereocenters. The summed E-state index contributed by atoms with van der Waals surface area (Å²) in [5.74, 6) is 0.250. The summed E-state index contributed by atoms with van der Waals surface area (Å²) in [6.07, 6.45) is 4.26. The summed E-state index contributed by atoms with van der Waals surface area (Å²) in [4.78, 5) is 14.7. The Kier molecular flexibility index (Phi) is 6.93. The van der Waals surface area contributed by atoms with Crippen molar-refractivity contribution in [2.45, 2.75) is 52.0 Å². The number of anilines is 2. The molecule has 5 nitrogen and oxygen atoms in total. The number of aliphatic carboxylic acids is 1. The molecule has 7 rings (SSSR count). The first-order valence-corrected chi connectivity index (χ1v) is 16.3. The van der Waals surface area contributed by atoms with Crippen LogP contribution in [0.25, 0.3) is 22.3 Å². The zero-order valence-corrected chi connectivity index (χ0v) is 26.2. The number of carbonyl (C=O) groups is 1. The van der Waals surface area contributed by atoms with E-state index in [0.29, 0.717) is 0 Å². The molecule has 0 aromatic heterocycles. The number of para-hydroxylation sites is 1. The molecule has 3 heterocycles. The molecule has 0 radical (unpaired) electrons. The number of nitrogens with zero attached hydrogens (tertiary/aromatic N) is 2. The molecule has 6 heteroatoms. The van der Waals surface area contributed by atoms with Crippen LogP contribution in [0.15, 0.2) is 66.7 Å². The van der Waals surface area contributed by atoms with E-state index in [1.807, 2.05) is 0 Å². The van der Waals surface area contributed by atoms with Crippen molar-refractivity contribution in [2.24, 2.45) is 0 Å². The third kappa shape index (κ3) is 4.58. The quantitative estimate of drug-likeness (QED) is 0.237. The van der Waals surface area contributed by atoms with E-state index in [9.17, 15) is 9.90 Å². The lowest BCUT2D eigenvalue weighted by Crippen LogP contribution is -2.43. The first-order chi connectivity index (χ1) is 20.8. The Labute approximate surface area is 258 Å². The molecule has 220 valence electrons. The van der Waals surface area contributed by atoms with E-state index in [2.05, 4.69) is 103 Å². The summed E-state index contributed by atoms with van der Waals surface area (Å²) in [5.41, 5.74) is 14.1. The highest BCUT2D eigenvalue weighted by Crippen LogP contribution is 2.51. The molecule has 3 aliphatic rings. The second kappa shape index (κ2) is 10.7. The van der Waals surface area contributed by atoms with Gasteiger partial charge < -0.3 is 19.0 Å². The fourth-order valence-corrected chi connectivity index (χ4v) is 8.30. The van der Waals surface area contributed by atoms with Crippen LogP contribution in [0.5, 0.6) is 5.75 Å². The van der Waals surface area contributed by atoms with Crippen LogP contribution in [0.1, 0.15) is 46.2 Å². The maximum atomic E-state index is 12.1. The summed E-state index contributed by atoms with van der Waals surface area (Å²) >= 11 is 1.71. The van der Waals surface area contributed by atoms with Crippen LogP contribution in [0.4, 0.5) is 11.4 Å². The lowest BCUT2D eigenvalue weighted by molar-refractivity contribution is -0.136. The number of benzene rings is 4. The second-order valence-electron chi connectivity index (χ2n) is 12.4. The normalized spacial score (nSPS) is 16.5. The predicted molar refractivity (Wildman–Crippen MR) is 178 cm³/mol. The molecule has 4 aromatic carbocycles. The molecule has 1 fully saturated rings. The Morgan fingerprint density at radius 1 is 0.953 bits per heavy atom. The van der Waals surface area contributed by atoms with Crippen molar-refractivity contribution in [1.82, 2.24) is 0 Å². The first kappa shape index (κ1) is 27.9. The maximum absolute atomic E-state index is 12.1. The fourth-order valence-electron chi connectivity index (χ4n) is 7.62. The Bertz CT molecular complexity index is 1740. The molecule has 0 saturated carbocycles. The highest BCUT2D eigenvalue weighted by molar-refractivity contribution is 7.99. The van der Waals surface area contributed by atoms with Gasteiger partial charge in [-0.15, -0.1) is 0 Å². The average molecular weight is 591 g/mol. The van der Waals surface area contributed by atoms with Gasteiger partial charge in [-0.25, -0.2) is 0 Å². The van der Waals surface area contributed by atoms with E-state index in [1.54, 1.807) is 11.9 Å². The summed E-state index contributed by atoms with van der Waals surface area (Å²) in [7, 11) is 0. The Morgan fingerprint density at radius 3 is 2.42 bits per heavy atom. The van der Waals surface area contributed by atoms with Crippen molar-refractivity contribution in [3.63, 3.8) is 0 Å². The molecule has 43 heavy (non-hydrogen) atoms. The monoisotopic (exact) mass is 590 g/mol. The number of piperidine rings is 1. The number of hydrogen-bond acceptors (Lipinski definition) is 5. The topological polar surface area (TPSA) is 53.0 Å². The molecular weight excluding hydrogens is 552 g/mol. The zero-order chi connectivity index (χ0) is 29.9. The van der Waals surface area contributed by atoms with Crippen LogP contribution in [0, 0.1) is 20.8 Å². The summed E-state index contributed by atoms with van der Waals surface area (Å²) in [6.45, 7) is 9.93. The summed E-state index contributed by atoms with van der Waals surface area (Å²) in [6, 6.07) is 24.1. The van der Waals surface area contributed by atoms with Gasteiger partial charge >= 0.3 is 5.97 Å². The predicted octanol–water partition coefficient (Wildman–Crippen LogP) is 8.10. The van der Waals surface area contributed by atoms with Crippen molar-refractivity contribution in [3.05, 3.63) is 100 Å². The van der Waals surface area contributed by atoms with E-state index >= 15 is 0 Å². The Balaban J connectivity index is 1.32. The van der Waals surface area contributed by atoms with E-state index in [0.717, 1.165) is 78.3 Å². The molecule has 1 saturated heterocycles. The number of rotatable bonds is 5. The highest BCUT2D eigenvalue weighted by atomic mass is 32.2. The standard InChI is InChI=1S/C37H38N2O3S/c1-23-9-11-26(12-10-23)34-25(3)35-30-19-28(38-17-15-37(16-18-38)22-42-32-8-6-5-7-31(32)37)14-13-27(30)21-39(43-4)36(35)24(2)29(34)20-33(40)41/h5-14,19H,15-18,20-22H2,1-4H3,(H,40,41). The number of aryl methyl sites for hydroxylation is 1. The number of carboxylic acids is 1. The molecule has 0 atom stereocenters. The molecule has 3 aliphatic heterocycles. The van der Waals surface area contributed by atoms with Crippen molar-refractivity contribution in [2.75, 3.05) is 35.2 Å². The van der Waals surface area contributed by atoms with Crippen molar-refractivity contribution in [3.8, 4) is 28.0 Å². The Hall–Kier alpha value is -3.90. The van der Waals surface area contributed by atoms with Crippen molar-refractivity contribution in [1.29, 1.82) is 0 Å². The van der Waals surface area contributed by atoms with Gasteiger partial charge in [0.25, 0.3) is 0 Å². The molecule has 4 aromatic rings. The number of ether oxygens (including phenoxy) is 1.